The van der Waals surface area contributed by atoms with Crippen LogP contribution in [0.15, 0.2) is 34.9 Å². The quantitative estimate of drug-likeness (QED) is 0.798. The molecule has 118 valence electrons. The van der Waals surface area contributed by atoms with Crippen molar-refractivity contribution in [3.8, 4) is 5.75 Å². The summed E-state index contributed by atoms with van der Waals surface area (Å²) in [7, 11) is 0. The molecule has 7 nitrogen and oxygen atoms in total. The number of carbonyl (C=O) groups is 1. The molecule has 0 bridgehead atoms. The molecule has 1 aromatic carbocycles. The zero-order chi connectivity index (χ0) is 15.9. The van der Waals surface area contributed by atoms with E-state index < -0.39 is 6.04 Å². The maximum absolute atomic E-state index is 11.7. The van der Waals surface area contributed by atoms with Crippen LogP contribution in [0.3, 0.4) is 0 Å². The Morgan fingerprint density at radius 3 is 2.77 bits per heavy atom. The zero-order valence-corrected chi connectivity index (χ0v) is 12.7. The van der Waals surface area contributed by atoms with E-state index in [0.717, 1.165) is 5.75 Å². The van der Waals surface area contributed by atoms with Gasteiger partial charge in [0.1, 0.15) is 5.75 Å². The third kappa shape index (κ3) is 4.56. The number of para-hydroxylation sites is 1. The highest BCUT2D eigenvalue weighted by Gasteiger charge is 2.17. The molecular formula is C15H20N4O3. The van der Waals surface area contributed by atoms with Gasteiger partial charge in [-0.2, -0.15) is 4.98 Å². The van der Waals surface area contributed by atoms with Gasteiger partial charge in [-0.25, -0.2) is 0 Å². The van der Waals surface area contributed by atoms with Crippen molar-refractivity contribution < 1.29 is 14.1 Å². The van der Waals surface area contributed by atoms with Crippen molar-refractivity contribution >= 4 is 5.91 Å². The van der Waals surface area contributed by atoms with E-state index in [4.69, 9.17) is 15.0 Å². The fourth-order valence-corrected chi connectivity index (χ4v) is 1.67. The molecule has 0 radical (unpaired) electrons. The Morgan fingerprint density at radius 1 is 1.36 bits per heavy atom. The molecule has 22 heavy (non-hydrogen) atoms. The van der Waals surface area contributed by atoms with E-state index in [1.807, 2.05) is 44.2 Å². The Morgan fingerprint density at radius 2 is 2.09 bits per heavy atom. The highest BCUT2D eigenvalue weighted by atomic mass is 16.5. The highest BCUT2D eigenvalue weighted by molar-refractivity contribution is 5.81. The third-order valence-electron chi connectivity index (χ3n) is 3.06. The lowest BCUT2D eigenvalue weighted by Gasteiger charge is -2.14. The molecule has 3 N–H and O–H groups in total. The largest absolute Gasteiger partial charge is 0.485 e. The number of hydrogen-bond donors (Lipinski definition) is 2. The van der Waals surface area contributed by atoms with Crippen molar-refractivity contribution in [1.82, 2.24) is 15.5 Å². The number of amides is 1. The summed E-state index contributed by atoms with van der Waals surface area (Å²) in [5, 5.41) is 6.46. The van der Waals surface area contributed by atoms with Crippen LogP contribution < -0.4 is 15.8 Å². The maximum Gasteiger partial charge on any atom is 0.246 e. The first-order chi connectivity index (χ1) is 10.6. The molecule has 0 aliphatic rings. The number of rotatable bonds is 7. The summed E-state index contributed by atoms with van der Waals surface area (Å²) in [5.41, 5.74) is 5.74. The van der Waals surface area contributed by atoms with Gasteiger partial charge < -0.3 is 20.3 Å². The highest BCUT2D eigenvalue weighted by Crippen LogP contribution is 2.10. The fourth-order valence-electron chi connectivity index (χ4n) is 1.67. The van der Waals surface area contributed by atoms with Gasteiger partial charge in [-0.1, -0.05) is 37.2 Å². The lowest BCUT2D eigenvalue weighted by Crippen LogP contribution is -2.43. The SMILES string of the molecule is CC(C)[C@H](N)C(=O)NCc1nc(COc2ccccc2)no1. The van der Waals surface area contributed by atoms with Crippen molar-refractivity contribution in [2.45, 2.75) is 33.0 Å². The Labute approximate surface area is 128 Å². The van der Waals surface area contributed by atoms with Crippen LogP contribution in [0.25, 0.3) is 0 Å². The summed E-state index contributed by atoms with van der Waals surface area (Å²) in [4.78, 5) is 15.9. The van der Waals surface area contributed by atoms with Crippen LogP contribution in [0, 0.1) is 5.92 Å². The molecule has 1 aromatic heterocycles. The van der Waals surface area contributed by atoms with Crippen molar-refractivity contribution in [1.29, 1.82) is 0 Å². The normalized spacial score (nSPS) is 12.2. The number of nitrogens with zero attached hydrogens (tertiary/aromatic N) is 2. The summed E-state index contributed by atoms with van der Waals surface area (Å²) in [5.74, 6) is 1.29. The van der Waals surface area contributed by atoms with Crippen molar-refractivity contribution in [3.05, 3.63) is 42.0 Å². The molecule has 0 fully saturated rings. The van der Waals surface area contributed by atoms with Crippen molar-refractivity contribution in [3.63, 3.8) is 0 Å². The Hall–Kier alpha value is -2.41. The standard InChI is InChI=1S/C15H20N4O3/c1-10(2)14(16)15(20)17-8-13-18-12(19-22-13)9-21-11-6-4-3-5-7-11/h3-7,10,14H,8-9,16H2,1-2H3,(H,17,20)/t14-/m0/s1. The van der Waals surface area contributed by atoms with Crippen molar-refractivity contribution in [2.24, 2.45) is 11.7 Å². The lowest BCUT2D eigenvalue weighted by molar-refractivity contribution is -0.123. The molecular weight excluding hydrogens is 284 g/mol. The van der Waals surface area contributed by atoms with E-state index >= 15 is 0 Å². The number of carbonyl (C=O) groups excluding carboxylic acids is 1. The summed E-state index contributed by atoms with van der Waals surface area (Å²) in [6, 6.07) is 8.80. The summed E-state index contributed by atoms with van der Waals surface area (Å²) in [6.07, 6.45) is 0. The minimum Gasteiger partial charge on any atom is -0.485 e. The van der Waals surface area contributed by atoms with Gasteiger partial charge in [0.25, 0.3) is 0 Å². The maximum atomic E-state index is 11.7. The van der Waals surface area contributed by atoms with E-state index in [1.54, 1.807) is 0 Å². The van der Waals surface area contributed by atoms with Gasteiger partial charge >= 0.3 is 0 Å². The molecule has 0 saturated carbocycles. The molecule has 1 amide bonds. The van der Waals surface area contributed by atoms with Gasteiger partial charge in [-0.3, -0.25) is 4.79 Å². The van der Waals surface area contributed by atoms with Gasteiger partial charge in [-0.05, 0) is 18.1 Å². The molecule has 0 spiro atoms. The Balaban J connectivity index is 1.80. The minimum atomic E-state index is -0.552. The smallest absolute Gasteiger partial charge is 0.246 e. The lowest BCUT2D eigenvalue weighted by atomic mass is 10.1. The van der Waals surface area contributed by atoms with E-state index in [0.29, 0.717) is 11.7 Å². The second-order valence-electron chi connectivity index (χ2n) is 5.19. The second kappa shape index (κ2) is 7.56. The van der Waals surface area contributed by atoms with Crippen LogP contribution in [0.2, 0.25) is 0 Å². The summed E-state index contributed by atoms with van der Waals surface area (Å²) >= 11 is 0. The van der Waals surface area contributed by atoms with Crippen LogP contribution in [-0.2, 0) is 17.9 Å². The monoisotopic (exact) mass is 304 g/mol. The molecule has 2 rings (SSSR count). The zero-order valence-electron chi connectivity index (χ0n) is 12.7. The molecule has 0 unspecified atom stereocenters. The third-order valence-corrected chi connectivity index (χ3v) is 3.06. The van der Waals surface area contributed by atoms with Crippen LogP contribution in [0.1, 0.15) is 25.6 Å². The molecule has 0 saturated heterocycles. The van der Waals surface area contributed by atoms with E-state index in [9.17, 15) is 4.79 Å². The topological polar surface area (TPSA) is 103 Å². The number of aromatic nitrogens is 2. The average Bonchev–Trinajstić information content (AvgIpc) is 2.98. The van der Waals surface area contributed by atoms with Crippen LogP contribution in [-0.4, -0.2) is 22.1 Å². The van der Waals surface area contributed by atoms with Gasteiger partial charge in [-0.15, -0.1) is 0 Å². The average molecular weight is 304 g/mol. The number of hydrogen-bond acceptors (Lipinski definition) is 6. The van der Waals surface area contributed by atoms with E-state index in [-0.39, 0.29) is 25.0 Å². The summed E-state index contributed by atoms with van der Waals surface area (Å²) in [6.45, 7) is 4.12. The minimum absolute atomic E-state index is 0.0671. The second-order valence-corrected chi connectivity index (χ2v) is 5.19. The van der Waals surface area contributed by atoms with Gasteiger partial charge in [0.2, 0.25) is 17.6 Å². The summed E-state index contributed by atoms with van der Waals surface area (Å²) < 4.78 is 10.6. The van der Waals surface area contributed by atoms with Crippen LogP contribution in [0.4, 0.5) is 0 Å². The van der Waals surface area contributed by atoms with E-state index in [2.05, 4.69) is 15.5 Å². The first-order valence-corrected chi connectivity index (χ1v) is 7.09. The number of nitrogens with two attached hydrogens (primary N) is 1. The van der Waals surface area contributed by atoms with Gasteiger partial charge in [0, 0.05) is 0 Å². The first-order valence-electron chi connectivity index (χ1n) is 7.09. The molecule has 7 heteroatoms. The Bertz CT molecular complexity index is 598. The predicted octanol–water partition coefficient (Wildman–Crippen LogP) is 1.25. The number of nitrogens with one attached hydrogen (secondary N) is 1. The number of ether oxygens (including phenoxy) is 1. The fraction of sp³-hybridized carbons (Fsp3) is 0.400. The Kier molecular flexibility index (Phi) is 5.48. The van der Waals surface area contributed by atoms with Gasteiger partial charge in [0.15, 0.2) is 6.61 Å². The molecule has 2 aromatic rings. The van der Waals surface area contributed by atoms with Gasteiger partial charge in [0.05, 0.1) is 12.6 Å². The molecule has 0 aliphatic heterocycles. The predicted molar refractivity (Wildman–Crippen MR) is 79.7 cm³/mol. The first kappa shape index (κ1) is 16.0. The molecule has 0 aliphatic carbocycles. The molecule has 1 heterocycles. The molecule has 1 atom stereocenters. The van der Waals surface area contributed by atoms with Crippen molar-refractivity contribution in [2.75, 3.05) is 0 Å². The number of benzene rings is 1. The van der Waals surface area contributed by atoms with E-state index in [1.165, 1.54) is 0 Å². The van der Waals surface area contributed by atoms with Crippen LogP contribution in [0.5, 0.6) is 5.75 Å². The van der Waals surface area contributed by atoms with Crippen LogP contribution >= 0.6 is 0 Å².